The molecule has 0 aliphatic heterocycles. The average Bonchev–Trinajstić information content (AvgIpc) is 2.88. The average molecular weight is 578 g/mol. The van der Waals surface area contributed by atoms with Gasteiger partial charge in [-0.05, 0) is 40.8 Å². The Morgan fingerprint density at radius 1 is 0.865 bits per heavy atom. The van der Waals surface area contributed by atoms with Crippen LogP contribution in [-0.2, 0) is 28.3 Å². The van der Waals surface area contributed by atoms with Crippen molar-refractivity contribution in [2.45, 2.75) is 38.6 Å². The minimum atomic E-state index is -0.691. The Labute approximate surface area is 238 Å². The van der Waals surface area contributed by atoms with Gasteiger partial charge in [0.2, 0.25) is 11.8 Å². The quantitative estimate of drug-likeness (QED) is 0.246. The summed E-state index contributed by atoms with van der Waals surface area (Å²) in [5, 5.41) is 4.55. The molecule has 1 N–H and O–H groups in total. The first-order valence-electron chi connectivity index (χ1n) is 12.1. The van der Waals surface area contributed by atoms with Crippen molar-refractivity contribution >= 4 is 58.4 Å². The molecule has 0 saturated heterocycles. The summed E-state index contributed by atoms with van der Waals surface area (Å²) in [4.78, 5) is 28.8. The molecule has 0 aliphatic rings. The van der Waals surface area contributed by atoms with Gasteiger partial charge in [-0.2, -0.15) is 0 Å². The van der Waals surface area contributed by atoms with E-state index in [-0.39, 0.29) is 30.0 Å². The molecule has 0 fully saturated rings. The number of halogens is 3. The van der Waals surface area contributed by atoms with Crippen LogP contribution in [-0.4, -0.2) is 35.1 Å². The molecular formula is C29H31Cl3N2O2S. The van der Waals surface area contributed by atoms with Crippen molar-refractivity contribution in [3.8, 4) is 0 Å². The molecule has 0 bridgehead atoms. The number of hydrogen-bond donors (Lipinski definition) is 1. The van der Waals surface area contributed by atoms with E-state index in [1.54, 1.807) is 17.0 Å². The van der Waals surface area contributed by atoms with Gasteiger partial charge in [-0.1, -0.05) is 103 Å². The summed E-state index contributed by atoms with van der Waals surface area (Å²) >= 11 is 20.2. The van der Waals surface area contributed by atoms with E-state index < -0.39 is 6.04 Å². The molecular weight excluding hydrogens is 547 g/mol. The molecule has 37 heavy (non-hydrogen) atoms. The summed E-state index contributed by atoms with van der Waals surface area (Å²) in [6.07, 6.45) is 0.396. The Bertz CT molecular complexity index is 1190. The maximum Gasteiger partial charge on any atom is 0.243 e. The summed E-state index contributed by atoms with van der Waals surface area (Å²) < 4.78 is 0. The molecule has 1 atom stereocenters. The second-order valence-electron chi connectivity index (χ2n) is 9.20. The topological polar surface area (TPSA) is 49.4 Å². The van der Waals surface area contributed by atoms with Crippen LogP contribution in [0.1, 0.15) is 30.5 Å². The number of carbonyl (C=O) groups is 2. The zero-order valence-corrected chi connectivity index (χ0v) is 24.0. The van der Waals surface area contributed by atoms with Crippen molar-refractivity contribution in [1.82, 2.24) is 10.2 Å². The number of nitrogens with one attached hydrogen (secondary N) is 1. The van der Waals surface area contributed by atoms with E-state index in [2.05, 4.69) is 5.32 Å². The predicted octanol–water partition coefficient (Wildman–Crippen LogP) is 7.29. The fourth-order valence-corrected chi connectivity index (χ4v) is 5.27. The van der Waals surface area contributed by atoms with Crippen molar-refractivity contribution in [3.05, 3.63) is 105 Å². The first kappa shape index (κ1) is 29.4. The van der Waals surface area contributed by atoms with E-state index in [9.17, 15) is 9.59 Å². The fourth-order valence-electron chi connectivity index (χ4n) is 3.76. The first-order chi connectivity index (χ1) is 17.7. The van der Waals surface area contributed by atoms with Crippen molar-refractivity contribution in [2.24, 2.45) is 5.92 Å². The minimum Gasteiger partial charge on any atom is -0.354 e. The zero-order valence-electron chi connectivity index (χ0n) is 20.9. The van der Waals surface area contributed by atoms with Crippen LogP contribution < -0.4 is 5.32 Å². The lowest BCUT2D eigenvalue weighted by Crippen LogP contribution is -2.51. The van der Waals surface area contributed by atoms with E-state index in [4.69, 9.17) is 34.8 Å². The molecule has 3 aromatic carbocycles. The monoisotopic (exact) mass is 576 g/mol. The SMILES string of the molecule is CC(C)CNC(=O)C(Cc1ccccc1)N(Cc1ccc(Cl)c(Cl)c1)C(=O)CSCc1ccccc1Cl. The van der Waals surface area contributed by atoms with Gasteiger partial charge >= 0.3 is 0 Å². The molecule has 4 nitrogen and oxygen atoms in total. The number of thioether (sulfide) groups is 1. The Kier molecular flexibility index (Phi) is 11.7. The Morgan fingerprint density at radius 3 is 2.24 bits per heavy atom. The van der Waals surface area contributed by atoms with Crippen LogP contribution in [0.4, 0.5) is 0 Å². The molecule has 3 rings (SSSR count). The molecule has 2 amide bonds. The van der Waals surface area contributed by atoms with Gasteiger partial charge in [0.05, 0.1) is 15.8 Å². The van der Waals surface area contributed by atoms with Crippen molar-refractivity contribution in [2.75, 3.05) is 12.3 Å². The molecule has 0 aromatic heterocycles. The van der Waals surface area contributed by atoms with Crippen LogP contribution in [0.2, 0.25) is 15.1 Å². The second kappa shape index (κ2) is 14.7. The molecule has 196 valence electrons. The van der Waals surface area contributed by atoms with Crippen LogP contribution in [0, 0.1) is 5.92 Å². The number of hydrogen-bond acceptors (Lipinski definition) is 3. The summed E-state index contributed by atoms with van der Waals surface area (Å²) in [6, 6.07) is 21.9. The first-order valence-corrected chi connectivity index (χ1v) is 14.4. The van der Waals surface area contributed by atoms with Crippen LogP contribution in [0.15, 0.2) is 72.8 Å². The van der Waals surface area contributed by atoms with Gasteiger partial charge in [-0.25, -0.2) is 0 Å². The Morgan fingerprint density at radius 2 is 1.57 bits per heavy atom. The van der Waals surface area contributed by atoms with Gasteiger partial charge in [0.15, 0.2) is 0 Å². The standard InChI is InChI=1S/C29H31Cl3N2O2S/c1-20(2)16-33-29(36)27(15-21-8-4-3-5-9-21)34(17-22-12-13-25(31)26(32)14-22)28(35)19-37-18-23-10-6-7-11-24(23)30/h3-14,20,27H,15-19H2,1-2H3,(H,33,36). The lowest BCUT2D eigenvalue weighted by Gasteiger charge is -2.32. The number of benzene rings is 3. The summed E-state index contributed by atoms with van der Waals surface area (Å²) in [5.74, 6) is 0.766. The minimum absolute atomic E-state index is 0.135. The molecule has 0 saturated carbocycles. The normalized spacial score (nSPS) is 11.8. The van der Waals surface area contributed by atoms with E-state index in [0.717, 1.165) is 16.7 Å². The van der Waals surface area contributed by atoms with E-state index in [1.165, 1.54) is 11.8 Å². The number of carbonyl (C=O) groups excluding carboxylic acids is 2. The van der Waals surface area contributed by atoms with Gasteiger partial charge in [0.25, 0.3) is 0 Å². The molecule has 8 heteroatoms. The van der Waals surface area contributed by atoms with E-state index in [1.807, 2.05) is 74.5 Å². The molecule has 0 spiro atoms. The lowest BCUT2D eigenvalue weighted by molar-refractivity contribution is -0.139. The Hall–Kier alpha value is -2.18. The second-order valence-corrected chi connectivity index (χ2v) is 11.4. The zero-order chi connectivity index (χ0) is 26.8. The van der Waals surface area contributed by atoms with E-state index in [0.29, 0.717) is 33.8 Å². The van der Waals surface area contributed by atoms with Gasteiger partial charge < -0.3 is 10.2 Å². The third-order valence-corrected chi connectivity index (χ3v) is 7.81. The molecule has 0 aliphatic carbocycles. The highest BCUT2D eigenvalue weighted by Crippen LogP contribution is 2.25. The van der Waals surface area contributed by atoms with Crippen molar-refractivity contribution in [1.29, 1.82) is 0 Å². The molecule has 0 heterocycles. The van der Waals surface area contributed by atoms with Crippen LogP contribution >= 0.6 is 46.6 Å². The highest BCUT2D eigenvalue weighted by molar-refractivity contribution is 7.99. The predicted molar refractivity (Wildman–Crippen MR) is 156 cm³/mol. The fraction of sp³-hybridized carbons (Fsp3) is 0.310. The van der Waals surface area contributed by atoms with Crippen LogP contribution in [0.25, 0.3) is 0 Å². The van der Waals surface area contributed by atoms with Crippen molar-refractivity contribution < 1.29 is 9.59 Å². The lowest BCUT2D eigenvalue weighted by atomic mass is 10.0. The summed E-state index contributed by atoms with van der Waals surface area (Å²) in [5.41, 5.74) is 2.74. The highest BCUT2D eigenvalue weighted by atomic mass is 35.5. The maximum atomic E-state index is 13.7. The third-order valence-electron chi connectivity index (χ3n) is 5.73. The van der Waals surface area contributed by atoms with Gasteiger partial charge in [0, 0.05) is 30.3 Å². The van der Waals surface area contributed by atoms with Gasteiger partial charge in [0.1, 0.15) is 6.04 Å². The smallest absolute Gasteiger partial charge is 0.243 e. The van der Waals surface area contributed by atoms with Crippen molar-refractivity contribution in [3.63, 3.8) is 0 Å². The van der Waals surface area contributed by atoms with Crippen LogP contribution in [0.3, 0.4) is 0 Å². The number of amides is 2. The molecule has 0 radical (unpaired) electrons. The van der Waals surface area contributed by atoms with Crippen LogP contribution in [0.5, 0.6) is 0 Å². The summed E-state index contributed by atoms with van der Waals surface area (Å²) in [6.45, 7) is 4.84. The third kappa shape index (κ3) is 9.26. The molecule has 3 aromatic rings. The maximum absolute atomic E-state index is 13.7. The largest absolute Gasteiger partial charge is 0.354 e. The Balaban J connectivity index is 1.87. The number of nitrogens with zero attached hydrogens (tertiary/aromatic N) is 1. The van der Waals surface area contributed by atoms with E-state index >= 15 is 0 Å². The number of rotatable bonds is 12. The molecule has 1 unspecified atom stereocenters. The van der Waals surface area contributed by atoms with Gasteiger partial charge in [-0.15, -0.1) is 11.8 Å². The highest BCUT2D eigenvalue weighted by Gasteiger charge is 2.30. The summed E-state index contributed by atoms with van der Waals surface area (Å²) in [7, 11) is 0. The van der Waals surface area contributed by atoms with Gasteiger partial charge in [-0.3, -0.25) is 9.59 Å².